The second-order valence-electron chi connectivity index (χ2n) is 14.8. The summed E-state index contributed by atoms with van der Waals surface area (Å²) in [4.78, 5) is 21.1. The van der Waals surface area contributed by atoms with Gasteiger partial charge in [0.2, 0.25) is 0 Å². The molecule has 254 valence electrons. The van der Waals surface area contributed by atoms with Gasteiger partial charge in [-0.05, 0) is 120 Å². The maximum Gasteiger partial charge on any atom is 0.335 e. The summed E-state index contributed by atoms with van der Waals surface area (Å²) < 4.78 is 12.6. The predicted molar refractivity (Wildman–Crippen MR) is 195 cm³/mol. The molecule has 6 rings (SSSR count). The molecule has 0 amide bonds. The number of hydrogen-bond acceptors (Lipinski definition) is 4. The van der Waals surface area contributed by atoms with E-state index in [9.17, 15) is 9.79 Å². The van der Waals surface area contributed by atoms with Crippen molar-refractivity contribution in [1.29, 1.82) is 0 Å². The Balaban J connectivity index is 1.54. The van der Waals surface area contributed by atoms with Crippen LogP contribution in [0.3, 0.4) is 0 Å². The topological polar surface area (TPSA) is 58.9 Å². The standard InChI is InChI=1S/C38H54Cl2O4P2/c1-26(33-22-31(27-14-6-2-7-15-27)24-35(37(33)43-45(39)41)29-18-10-4-11-19-29)34-23-32(28-16-8-3-9-17-28)25-36(38(34)44-46(40)42)30-20-12-5-13-21-30/h22-30,41-42H,2-21H2,1H3. The van der Waals surface area contributed by atoms with Gasteiger partial charge in [-0.15, -0.1) is 0 Å². The Labute approximate surface area is 289 Å². The van der Waals surface area contributed by atoms with Gasteiger partial charge in [0, 0.05) is 17.0 Å². The van der Waals surface area contributed by atoms with Crippen molar-refractivity contribution < 1.29 is 18.8 Å². The Morgan fingerprint density at radius 2 is 0.826 bits per heavy atom. The summed E-state index contributed by atoms with van der Waals surface area (Å²) >= 11 is 12.6. The fraction of sp³-hybridized carbons (Fsp3) is 0.684. The minimum Gasteiger partial charge on any atom is -0.435 e. The zero-order chi connectivity index (χ0) is 32.0. The number of hydrogen-bond donors (Lipinski definition) is 2. The van der Waals surface area contributed by atoms with Crippen LogP contribution in [0.5, 0.6) is 11.5 Å². The normalized spacial score (nSPS) is 23.2. The first-order chi connectivity index (χ1) is 22.4. The van der Waals surface area contributed by atoms with Gasteiger partial charge in [0.1, 0.15) is 11.5 Å². The lowest BCUT2D eigenvalue weighted by atomic mass is 9.75. The minimum atomic E-state index is -2.12. The van der Waals surface area contributed by atoms with Crippen molar-refractivity contribution in [3.63, 3.8) is 0 Å². The van der Waals surface area contributed by atoms with E-state index in [1.165, 1.54) is 125 Å². The van der Waals surface area contributed by atoms with Crippen molar-refractivity contribution in [2.75, 3.05) is 0 Å². The van der Waals surface area contributed by atoms with E-state index in [-0.39, 0.29) is 5.92 Å². The molecule has 4 aliphatic carbocycles. The van der Waals surface area contributed by atoms with Crippen LogP contribution in [0.1, 0.15) is 198 Å². The second kappa shape index (κ2) is 16.9. The van der Waals surface area contributed by atoms with E-state index in [1.54, 1.807) is 0 Å². The van der Waals surface area contributed by atoms with Gasteiger partial charge >= 0.3 is 15.5 Å². The summed E-state index contributed by atoms with van der Waals surface area (Å²) in [6.07, 6.45) is 24.6. The molecule has 4 aliphatic rings. The quantitative estimate of drug-likeness (QED) is 0.241. The lowest BCUT2D eigenvalue weighted by Crippen LogP contribution is -2.14. The van der Waals surface area contributed by atoms with Gasteiger partial charge in [0.25, 0.3) is 0 Å². The molecule has 4 fully saturated rings. The Morgan fingerprint density at radius 1 is 0.522 bits per heavy atom. The first kappa shape index (κ1) is 35.2. The van der Waals surface area contributed by atoms with Gasteiger partial charge in [0.05, 0.1) is 0 Å². The summed E-state index contributed by atoms with van der Waals surface area (Å²) in [6, 6.07) is 9.58. The third-order valence-electron chi connectivity index (χ3n) is 11.8. The highest BCUT2D eigenvalue weighted by Crippen LogP contribution is 2.54. The molecule has 8 heteroatoms. The molecule has 0 saturated heterocycles. The van der Waals surface area contributed by atoms with Gasteiger partial charge in [-0.2, -0.15) is 0 Å². The molecule has 2 aromatic rings. The van der Waals surface area contributed by atoms with E-state index >= 15 is 0 Å². The predicted octanol–water partition coefficient (Wildman–Crippen LogP) is 13.7. The van der Waals surface area contributed by atoms with Gasteiger partial charge in [0.15, 0.2) is 0 Å². The van der Waals surface area contributed by atoms with Crippen molar-refractivity contribution >= 4 is 37.9 Å². The molecule has 2 atom stereocenters. The summed E-state index contributed by atoms with van der Waals surface area (Å²) in [5.41, 5.74) is 7.45. The number of benzene rings is 2. The summed E-state index contributed by atoms with van der Waals surface area (Å²) in [5.74, 6) is 3.33. The molecule has 46 heavy (non-hydrogen) atoms. The minimum absolute atomic E-state index is 0.0972. The van der Waals surface area contributed by atoms with Crippen LogP contribution >= 0.6 is 37.9 Å². The first-order valence-corrected chi connectivity index (χ1v) is 22.6. The van der Waals surface area contributed by atoms with Crippen molar-refractivity contribution in [3.05, 3.63) is 57.6 Å². The van der Waals surface area contributed by atoms with Crippen molar-refractivity contribution in [2.24, 2.45) is 0 Å². The van der Waals surface area contributed by atoms with Gasteiger partial charge in [-0.25, -0.2) is 0 Å². The average Bonchev–Trinajstić information content (AvgIpc) is 3.09. The van der Waals surface area contributed by atoms with E-state index in [0.717, 1.165) is 48.3 Å². The highest BCUT2D eigenvalue weighted by molar-refractivity contribution is 7.75. The lowest BCUT2D eigenvalue weighted by molar-refractivity contribution is 0.420. The van der Waals surface area contributed by atoms with Crippen LogP contribution in [0.25, 0.3) is 0 Å². The third kappa shape index (κ3) is 8.57. The molecular weight excluding hydrogens is 653 g/mol. The second-order valence-corrected chi connectivity index (χ2v) is 17.8. The highest BCUT2D eigenvalue weighted by Gasteiger charge is 2.33. The molecule has 0 spiro atoms. The van der Waals surface area contributed by atoms with Crippen LogP contribution < -0.4 is 9.05 Å². The van der Waals surface area contributed by atoms with E-state index in [4.69, 9.17) is 31.5 Å². The largest absolute Gasteiger partial charge is 0.435 e. The van der Waals surface area contributed by atoms with Gasteiger partial charge in [-0.1, -0.05) is 108 Å². The van der Waals surface area contributed by atoms with E-state index in [1.807, 2.05) is 0 Å². The molecule has 0 heterocycles. The maximum absolute atomic E-state index is 10.6. The van der Waals surface area contributed by atoms with E-state index in [0.29, 0.717) is 23.7 Å². The third-order valence-corrected chi connectivity index (χ3v) is 12.9. The molecule has 0 radical (unpaired) electrons. The zero-order valence-electron chi connectivity index (χ0n) is 27.7. The number of rotatable bonds is 10. The molecule has 2 aromatic carbocycles. The summed E-state index contributed by atoms with van der Waals surface area (Å²) in [5, 5.41) is 0. The Kier molecular flexibility index (Phi) is 12.9. The molecule has 4 nitrogen and oxygen atoms in total. The fourth-order valence-corrected chi connectivity index (χ4v) is 10.5. The highest BCUT2D eigenvalue weighted by atomic mass is 35.7. The van der Waals surface area contributed by atoms with Crippen molar-refractivity contribution in [2.45, 2.75) is 165 Å². The van der Waals surface area contributed by atoms with Crippen LogP contribution in [0.15, 0.2) is 24.3 Å². The summed E-state index contributed by atoms with van der Waals surface area (Å²) in [7, 11) is -4.24. The Morgan fingerprint density at radius 3 is 1.13 bits per heavy atom. The van der Waals surface area contributed by atoms with Crippen LogP contribution in [0.2, 0.25) is 0 Å². The first-order valence-electron chi connectivity index (χ1n) is 18.4. The van der Waals surface area contributed by atoms with Gasteiger partial charge in [-0.3, -0.25) is 0 Å². The van der Waals surface area contributed by atoms with Crippen LogP contribution in [-0.4, -0.2) is 9.79 Å². The lowest BCUT2D eigenvalue weighted by Gasteiger charge is -2.32. The number of halogens is 2. The molecule has 4 saturated carbocycles. The molecule has 0 aromatic heterocycles. The van der Waals surface area contributed by atoms with E-state index in [2.05, 4.69) is 31.2 Å². The van der Waals surface area contributed by atoms with Gasteiger partial charge < -0.3 is 18.8 Å². The fourth-order valence-electron chi connectivity index (χ4n) is 9.35. The van der Waals surface area contributed by atoms with Crippen LogP contribution in [0, 0.1) is 0 Å². The van der Waals surface area contributed by atoms with E-state index < -0.39 is 15.5 Å². The monoisotopic (exact) mass is 706 g/mol. The van der Waals surface area contributed by atoms with Crippen LogP contribution in [-0.2, 0) is 0 Å². The molecule has 0 aliphatic heterocycles. The molecular formula is C38H54Cl2O4P2. The summed E-state index contributed by atoms with van der Waals surface area (Å²) in [6.45, 7) is 2.26. The average molecular weight is 708 g/mol. The smallest absolute Gasteiger partial charge is 0.335 e. The zero-order valence-corrected chi connectivity index (χ0v) is 31.0. The van der Waals surface area contributed by atoms with Crippen molar-refractivity contribution in [1.82, 2.24) is 0 Å². The SMILES string of the molecule is CC(c1cc(C2CCCCC2)cc(C2CCCCC2)c1OP(O)Cl)c1cc(C2CCCCC2)cc(C2CCCCC2)c1OP(O)Cl. The molecule has 0 bridgehead atoms. The Bertz CT molecular complexity index is 1180. The molecule has 2 unspecified atom stereocenters. The maximum atomic E-state index is 10.6. The molecule has 2 N–H and O–H groups in total. The Hall–Kier alpha value is -0.600. The van der Waals surface area contributed by atoms with Crippen LogP contribution in [0.4, 0.5) is 0 Å². The van der Waals surface area contributed by atoms with Crippen molar-refractivity contribution in [3.8, 4) is 11.5 Å².